The highest BCUT2D eigenvalue weighted by Gasteiger charge is 2.33. The molecule has 2 aliphatic rings. The quantitative estimate of drug-likeness (QED) is 0.423. The minimum absolute atomic E-state index is 0.0660. The van der Waals surface area contributed by atoms with Crippen LogP contribution in [0.4, 0.5) is 19.1 Å². The summed E-state index contributed by atoms with van der Waals surface area (Å²) in [6, 6.07) is 8.20. The molecule has 0 saturated carbocycles. The topological polar surface area (TPSA) is 109 Å². The molecule has 1 atom stereocenters. The number of amides is 2. The summed E-state index contributed by atoms with van der Waals surface area (Å²) in [4.78, 5) is 39.7. The molecule has 2 amide bonds. The highest BCUT2D eigenvalue weighted by atomic mass is 35.5. The number of hydrogen-bond donors (Lipinski definition) is 2. The summed E-state index contributed by atoms with van der Waals surface area (Å²) in [5.41, 5.74) is 1.29. The third kappa shape index (κ3) is 6.18. The van der Waals surface area contributed by atoms with E-state index in [9.17, 15) is 22.8 Å². The fourth-order valence-corrected chi connectivity index (χ4v) is 4.88. The van der Waals surface area contributed by atoms with Crippen molar-refractivity contribution in [1.29, 1.82) is 0 Å². The highest BCUT2D eigenvalue weighted by Crippen LogP contribution is 2.32. The van der Waals surface area contributed by atoms with E-state index in [1.165, 1.54) is 30.2 Å². The molecule has 0 spiro atoms. The summed E-state index contributed by atoms with van der Waals surface area (Å²) in [5.74, 6) is -0.431. The van der Waals surface area contributed by atoms with Crippen LogP contribution in [0.15, 0.2) is 42.6 Å². The molecule has 9 nitrogen and oxygen atoms in total. The Bertz CT molecular complexity index is 1430. The third-order valence-corrected chi connectivity index (χ3v) is 7.05. The van der Waals surface area contributed by atoms with Gasteiger partial charge in [-0.15, -0.1) is 0 Å². The lowest BCUT2D eigenvalue weighted by Gasteiger charge is -2.23. The smallest absolute Gasteiger partial charge is 0.381 e. The van der Waals surface area contributed by atoms with Crippen molar-refractivity contribution in [2.45, 2.75) is 44.6 Å². The van der Waals surface area contributed by atoms with E-state index in [0.29, 0.717) is 41.0 Å². The van der Waals surface area contributed by atoms with Gasteiger partial charge in [0, 0.05) is 36.9 Å². The van der Waals surface area contributed by atoms with Crippen LogP contribution in [-0.4, -0.2) is 57.5 Å². The van der Waals surface area contributed by atoms with E-state index in [1.807, 2.05) is 6.07 Å². The zero-order valence-electron chi connectivity index (χ0n) is 21.5. The van der Waals surface area contributed by atoms with Crippen LogP contribution in [0.3, 0.4) is 0 Å². The molecule has 1 saturated heterocycles. The van der Waals surface area contributed by atoms with Gasteiger partial charge < -0.3 is 20.3 Å². The average molecular weight is 575 g/mol. The summed E-state index contributed by atoms with van der Waals surface area (Å²) in [7, 11) is 0. The molecule has 5 rings (SSSR count). The molecule has 0 aliphatic carbocycles. The van der Waals surface area contributed by atoms with Gasteiger partial charge in [-0.1, -0.05) is 29.8 Å². The lowest BCUT2D eigenvalue weighted by atomic mass is 10.0. The maximum atomic E-state index is 13.2. The Labute approximate surface area is 233 Å². The Morgan fingerprint density at radius 1 is 1.20 bits per heavy atom. The number of nitrogens with one attached hydrogen (secondary N) is 2. The summed E-state index contributed by atoms with van der Waals surface area (Å²) < 4.78 is 44.4. The second-order valence-corrected chi connectivity index (χ2v) is 10.1. The van der Waals surface area contributed by atoms with E-state index in [-0.39, 0.29) is 30.7 Å². The van der Waals surface area contributed by atoms with Crippen molar-refractivity contribution in [3.63, 3.8) is 0 Å². The van der Waals surface area contributed by atoms with Crippen LogP contribution >= 0.6 is 11.6 Å². The standard InChI is InChI=1S/C27H26ClF3N6O3/c1-15(21-3-2-4-22(35-21)27(29,30)31)33-23(38)14-37-13-17-6-5-16(11-19(17)25(37)39)24-20(28)12-32-26(36-24)34-18-7-9-40-10-8-18/h2-6,11-12,15,18H,7-10,13-14H2,1H3,(H,33,38)(H,32,34,36)/t15-/m1/s1. The van der Waals surface area contributed by atoms with Crippen LogP contribution in [0, 0.1) is 0 Å². The van der Waals surface area contributed by atoms with Crippen LogP contribution in [0.1, 0.15) is 53.1 Å². The summed E-state index contributed by atoms with van der Waals surface area (Å²) in [6.07, 6.45) is -1.40. The first-order chi connectivity index (χ1) is 19.1. The molecule has 0 radical (unpaired) electrons. The Morgan fingerprint density at radius 2 is 1.98 bits per heavy atom. The lowest BCUT2D eigenvalue weighted by Crippen LogP contribution is -2.38. The number of alkyl halides is 3. The fraction of sp³-hybridized carbons (Fsp3) is 0.370. The molecule has 4 heterocycles. The number of aromatic nitrogens is 3. The van der Waals surface area contributed by atoms with Crippen molar-refractivity contribution in [2.75, 3.05) is 25.1 Å². The average Bonchev–Trinajstić information content (AvgIpc) is 3.24. The van der Waals surface area contributed by atoms with E-state index in [0.717, 1.165) is 24.5 Å². The number of ether oxygens (including phenoxy) is 1. The highest BCUT2D eigenvalue weighted by molar-refractivity contribution is 6.33. The van der Waals surface area contributed by atoms with Crippen molar-refractivity contribution in [3.05, 3.63) is 70.1 Å². The molecule has 2 N–H and O–H groups in total. The Morgan fingerprint density at radius 3 is 2.73 bits per heavy atom. The number of rotatable bonds is 7. The van der Waals surface area contributed by atoms with Crippen molar-refractivity contribution in [1.82, 2.24) is 25.2 Å². The Hall–Kier alpha value is -3.77. The van der Waals surface area contributed by atoms with Crippen LogP contribution in [0.5, 0.6) is 0 Å². The van der Waals surface area contributed by atoms with Gasteiger partial charge in [0.15, 0.2) is 0 Å². The monoisotopic (exact) mass is 574 g/mol. The molecule has 0 bridgehead atoms. The van der Waals surface area contributed by atoms with E-state index in [4.69, 9.17) is 16.3 Å². The number of carbonyl (C=O) groups excluding carboxylic acids is 2. The molecule has 1 fully saturated rings. The molecule has 40 heavy (non-hydrogen) atoms. The number of benzene rings is 1. The lowest BCUT2D eigenvalue weighted by molar-refractivity contribution is -0.141. The number of anilines is 1. The predicted octanol–water partition coefficient (Wildman–Crippen LogP) is 4.63. The summed E-state index contributed by atoms with van der Waals surface area (Å²) >= 11 is 6.40. The predicted molar refractivity (Wildman–Crippen MR) is 140 cm³/mol. The van der Waals surface area contributed by atoms with Crippen LogP contribution in [-0.2, 0) is 22.3 Å². The van der Waals surface area contributed by atoms with Crippen LogP contribution in [0.25, 0.3) is 11.3 Å². The molecule has 0 unspecified atom stereocenters. The van der Waals surface area contributed by atoms with Gasteiger partial charge in [-0.05, 0) is 43.5 Å². The van der Waals surface area contributed by atoms with Gasteiger partial charge in [0.2, 0.25) is 11.9 Å². The first-order valence-electron chi connectivity index (χ1n) is 12.7. The van der Waals surface area contributed by atoms with Gasteiger partial charge in [0.1, 0.15) is 12.2 Å². The SMILES string of the molecule is C[C@@H](NC(=O)CN1Cc2ccc(-c3nc(NC4CCOCC4)ncc3Cl)cc2C1=O)c1cccc(C(F)(F)F)n1. The van der Waals surface area contributed by atoms with Crippen molar-refractivity contribution >= 4 is 29.4 Å². The summed E-state index contributed by atoms with van der Waals surface area (Å²) in [5, 5.41) is 6.26. The molecule has 1 aromatic carbocycles. The molecule has 13 heteroatoms. The van der Waals surface area contributed by atoms with Gasteiger partial charge >= 0.3 is 6.18 Å². The van der Waals surface area contributed by atoms with Gasteiger partial charge in [0.05, 0.1) is 28.6 Å². The maximum absolute atomic E-state index is 13.2. The summed E-state index contributed by atoms with van der Waals surface area (Å²) in [6.45, 7) is 2.82. The second-order valence-electron chi connectivity index (χ2n) is 9.69. The van der Waals surface area contributed by atoms with E-state index in [1.54, 1.807) is 12.1 Å². The van der Waals surface area contributed by atoms with Gasteiger partial charge in [-0.3, -0.25) is 9.59 Å². The van der Waals surface area contributed by atoms with E-state index < -0.39 is 23.8 Å². The molecular formula is C27H26ClF3N6O3. The zero-order valence-corrected chi connectivity index (χ0v) is 22.2. The molecule has 3 aromatic rings. The van der Waals surface area contributed by atoms with E-state index >= 15 is 0 Å². The number of pyridine rings is 1. The van der Waals surface area contributed by atoms with Gasteiger partial charge in [0.25, 0.3) is 5.91 Å². The molecule has 2 aliphatic heterocycles. The van der Waals surface area contributed by atoms with Gasteiger partial charge in [-0.25, -0.2) is 15.0 Å². The van der Waals surface area contributed by atoms with Crippen molar-refractivity contribution in [2.24, 2.45) is 0 Å². The fourth-order valence-electron chi connectivity index (χ4n) is 4.68. The maximum Gasteiger partial charge on any atom is 0.433 e. The molecule has 2 aromatic heterocycles. The van der Waals surface area contributed by atoms with Crippen LogP contribution < -0.4 is 10.6 Å². The molecular weight excluding hydrogens is 549 g/mol. The van der Waals surface area contributed by atoms with Crippen LogP contribution in [0.2, 0.25) is 5.02 Å². The first kappa shape index (κ1) is 27.8. The number of halogens is 4. The van der Waals surface area contributed by atoms with E-state index in [2.05, 4.69) is 25.6 Å². The number of fused-ring (bicyclic) bond motifs is 1. The molecule has 210 valence electrons. The first-order valence-corrected chi connectivity index (χ1v) is 13.1. The zero-order chi connectivity index (χ0) is 28.4. The minimum Gasteiger partial charge on any atom is -0.381 e. The third-order valence-electron chi connectivity index (χ3n) is 6.78. The number of hydrogen-bond acceptors (Lipinski definition) is 7. The van der Waals surface area contributed by atoms with Crippen molar-refractivity contribution < 1.29 is 27.5 Å². The number of nitrogens with zero attached hydrogens (tertiary/aromatic N) is 4. The van der Waals surface area contributed by atoms with Gasteiger partial charge in [-0.2, -0.15) is 13.2 Å². The Kier molecular flexibility index (Phi) is 7.90. The second kappa shape index (κ2) is 11.4. The normalized spacial score (nSPS) is 16.5. The van der Waals surface area contributed by atoms with Crippen molar-refractivity contribution in [3.8, 4) is 11.3 Å². The Balaban J connectivity index is 1.25. The number of carbonyl (C=O) groups is 2. The largest absolute Gasteiger partial charge is 0.433 e. The minimum atomic E-state index is -4.59.